The van der Waals surface area contributed by atoms with Crippen LogP contribution in [0.2, 0.25) is 0 Å². The molecule has 112 valence electrons. The molecule has 5 nitrogen and oxygen atoms in total. The summed E-state index contributed by atoms with van der Waals surface area (Å²) in [5.41, 5.74) is 9.13. The second kappa shape index (κ2) is 5.93. The van der Waals surface area contributed by atoms with Gasteiger partial charge in [0.1, 0.15) is 0 Å². The summed E-state index contributed by atoms with van der Waals surface area (Å²) < 4.78 is 5.37. The van der Waals surface area contributed by atoms with Crippen LogP contribution in [0.1, 0.15) is 43.0 Å². The SMILES string of the molecule is Cc1cc(-c2noc(CC(N)C3CCCC3)n2)cc(C)n1. The molecule has 1 atom stereocenters. The normalized spacial score (nSPS) is 17.3. The molecule has 0 amide bonds. The van der Waals surface area contributed by atoms with Crippen LogP contribution < -0.4 is 5.73 Å². The highest BCUT2D eigenvalue weighted by Crippen LogP contribution is 2.28. The van der Waals surface area contributed by atoms with Crippen molar-refractivity contribution >= 4 is 0 Å². The summed E-state index contributed by atoms with van der Waals surface area (Å²) in [4.78, 5) is 8.85. The molecule has 1 unspecified atom stereocenters. The standard InChI is InChI=1S/C16H22N4O/c1-10-7-13(8-11(2)18-10)16-19-15(21-20-16)9-14(17)12-5-3-4-6-12/h7-8,12,14H,3-6,9,17H2,1-2H3. The third-order valence-electron chi connectivity index (χ3n) is 4.22. The Balaban J connectivity index is 1.73. The Morgan fingerprint density at radius 1 is 1.19 bits per heavy atom. The Hall–Kier alpha value is -1.75. The smallest absolute Gasteiger partial charge is 0.228 e. The molecule has 5 heteroatoms. The van der Waals surface area contributed by atoms with Gasteiger partial charge >= 0.3 is 0 Å². The van der Waals surface area contributed by atoms with Crippen molar-refractivity contribution < 1.29 is 4.52 Å². The van der Waals surface area contributed by atoms with E-state index in [1.807, 2.05) is 26.0 Å². The number of aryl methyl sites for hydroxylation is 2. The van der Waals surface area contributed by atoms with Gasteiger partial charge in [-0.1, -0.05) is 18.0 Å². The molecular formula is C16H22N4O. The summed E-state index contributed by atoms with van der Waals surface area (Å²) in [5.74, 6) is 1.86. The van der Waals surface area contributed by atoms with E-state index in [2.05, 4.69) is 15.1 Å². The van der Waals surface area contributed by atoms with E-state index in [9.17, 15) is 0 Å². The average Bonchev–Trinajstić information content (AvgIpc) is 3.08. The predicted octanol–water partition coefficient (Wildman–Crippen LogP) is 2.81. The van der Waals surface area contributed by atoms with Gasteiger partial charge < -0.3 is 10.3 Å². The van der Waals surface area contributed by atoms with E-state index < -0.39 is 0 Å². The fraction of sp³-hybridized carbons (Fsp3) is 0.562. The van der Waals surface area contributed by atoms with E-state index in [4.69, 9.17) is 10.3 Å². The van der Waals surface area contributed by atoms with Gasteiger partial charge in [0.15, 0.2) is 0 Å². The lowest BCUT2D eigenvalue weighted by atomic mass is 9.96. The molecule has 1 saturated carbocycles. The minimum absolute atomic E-state index is 0.127. The van der Waals surface area contributed by atoms with Crippen molar-refractivity contribution in [1.29, 1.82) is 0 Å². The minimum Gasteiger partial charge on any atom is -0.339 e. The maximum Gasteiger partial charge on any atom is 0.228 e. The molecule has 0 spiro atoms. The molecule has 3 rings (SSSR count). The van der Waals surface area contributed by atoms with Gasteiger partial charge in [-0.25, -0.2) is 0 Å². The zero-order chi connectivity index (χ0) is 14.8. The van der Waals surface area contributed by atoms with E-state index in [0.717, 1.165) is 17.0 Å². The quantitative estimate of drug-likeness (QED) is 0.935. The summed E-state index contributed by atoms with van der Waals surface area (Å²) in [6, 6.07) is 4.07. The second-order valence-corrected chi connectivity index (χ2v) is 6.06. The highest BCUT2D eigenvalue weighted by Gasteiger charge is 2.24. The topological polar surface area (TPSA) is 77.8 Å². The molecule has 1 fully saturated rings. The molecule has 0 aromatic carbocycles. The molecule has 1 aliphatic carbocycles. The Labute approximate surface area is 125 Å². The fourth-order valence-corrected chi connectivity index (χ4v) is 3.17. The van der Waals surface area contributed by atoms with Crippen molar-refractivity contribution in [2.75, 3.05) is 0 Å². The van der Waals surface area contributed by atoms with Crippen molar-refractivity contribution in [2.24, 2.45) is 11.7 Å². The first-order chi connectivity index (χ1) is 10.1. The van der Waals surface area contributed by atoms with Gasteiger partial charge in [0.05, 0.1) is 0 Å². The van der Waals surface area contributed by atoms with Crippen molar-refractivity contribution in [2.45, 2.75) is 52.0 Å². The summed E-state index contributed by atoms with van der Waals surface area (Å²) in [5, 5.41) is 4.08. The lowest BCUT2D eigenvalue weighted by molar-refractivity contribution is 0.341. The van der Waals surface area contributed by atoms with Crippen molar-refractivity contribution in [3.8, 4) is 11.4 Å². The van der Waals surface area contributed by atoms with Crippen LogP contribution >= 0.6 is 0 Å². The van der Waals surface area contributed by atoms with Crippen LogP contribution in [0.3, 0.4) is 0 Å². The summed E-state index contributed by atoms with van der Waals surface area (Å²) in [6.07, 6.45) is 5.71. The van der Waals surface area contributed by atoms with Gasteiger partial charge in [0.2, 0.25) is 11.7 Å². The highest BCUT2D eigenvalue weighted by atomic mass is 16.5. The van der Waals surface area contributed by atoms with Crippen LogP contribution in [0.5, 0.6) is 0 Å². The number of hydrogen-bond donors (Lipinski definition) is 1. The maximum atomic E-state index is 6.27. The maximum absolute atomic E-state index is 6.27. The van der Waals surface area contributed by atoms with Crippen LogP contribution in [0.4, 0.5) is 0 Å². The Morgan fingerprint density at radius 2 is 1.86 bits per heavy atom. The van der Waals surface area contributed by atoms with E-state index in [1.165, 1.54) is 25.7 Å². The Bertz CT molecular complexity index is 596. The monoisotopic (exact) mass is 286 g/mol. The van der Waals surface area contributed by atoms with Gasteiger partial charge in [-0.2, -0.15) is 4.98 Å². The predicted molar refractivity (Wildman–Crippen MR) is 80.6 cm³/mol. The molecule has 0 saturated heterocycles. The first kappa shape index (κ1) is 14.2. The highest BCUT2D eigenvalue weighted by molar-refractivity contribution is 5.55. The first-order valence-electron chi connectivity index (χ1n) is 7.65. The van der Waals surface area contributed by atoms with Gasteiger partial charge in [-0.15, -0.1) is 0 Å². The van der Waals surface area contributed by atoms with Crippen LogP contribution in [0.25, 0.3) is 11.4 Å². The molecular weight excluding hydrogens is 264 g/mol. The number of pyridine rings is 1. The zero-order valence-electron chi connectivity index (χ0n) is 12.7. The van der Waals surface area contributed by atoms with Gasteiger partial charge in [0, 0.05) is 29.4 Å². The molecule has 2 N–H and O–H groups in total. The fourth-order valence-electron chi connectivity index (χ4n) is 3.17. The molecule has 2 aromatic heterocycles. The van der Waals surface area contributed by atoms with Crippen molar-refractivity contribution in [1.82, 2.24) is 15.1 Å². The Morgan fingerprint density at radius 3 is 2.52 bits per heavy atom. The number of aromatic nitrogens is 3. The van der Waals surface area contributed by atoms with Crippen LogP contribution in [0, 0.1) is 19.8 Å². The number of nitrogens with zero attached hydrogens (tertiary/aromatic N) is 3. The lowest BCUT2D eigenvalue weighted by Crippen LogP contribution is -2.30. The van der Waals surface area contributed by atoms with Gasteiger partial charge in [0.25, 0.3) is 0 Å². The number of nitrogens with two attached hydrogens (primary N) is 1. The third kappa shape index (κ3) is 3.29. The van der Waals surface area contributed by atoms with E-state index in [0.29, 0.717) is 24.1 Å². The van der Waals surface area contributed by atoms with E-state index in [1.54, 1.807) is 0 Å². The summed E-state index contributed by atoms with van der Waals surface area (Å²) in [7, 11) is 0. The molecule has 21 heavy (non-hydrogen) atoms. The Kier molecular flexibility index (Phi) is 4.01. The van der Waals surface area contributed by atoms with Crippen LogP contribution in [-0.2, 0) is 6.42 Å². The van der Waals surface area contributed by atoms with Crippen LogP contribution in [-0.4, -0.2) is 21.2 Å². The molecule has 0 bridgehead atoms. The minimum atomic E-state index is 0.127. The molecule has 2 aromatic rings. The largest absolute Gasteiger partial charge is 0.339 e. The van der Waals surface area contributed by atoms with E-state index in [-0.39, 0.29) is 6.04 Å². The molecule has 0 aliphatic heterocycles. The number of rotatable bonds is 4. The lowest BCUT2D eigenvalue weighted by Gasteiger charge is -2.16. The second-order valence-electron chi connectivity index (χ2n) is 6.06. The van der Waals surface area contributed by atoms with Gasteiger partial charge in [-0.3, -0.25) is 4.98 Å². The number of hydrogen-bond acceptors (Lipinski definition) is 5. The van der Waals surface area contributed by atoms with Crippen molar-refractivity contribution in [3.63, 3.8) is 0 Å². The first-order valence-corrected chi connectivity index (χ1v) is 7.65. The van der Waals surface area contributed by atoms with Crippen molar-refractivity contribution in [3.05, 3.63) is 29.4 Å². The molecule has 0 radical (unpaired) electrons. The average molecular weight is 286 g/mol. The van der Waals surface area contributed by atoms with E-state index >= 15 is 0 Å². The molecule has 1 aliphatic rings. The van der Waals surface area contributed by atoms with Gasteiger partial charge in [-0.05, 0) is 44.7 Å². The molecule has 2 heterocycles. The van der Waals surface area contributed by atoms with Crippen LogP contribution in [0.15, 0.2) is 16.7 Å². The zero-order valence-corrected chi connectivity index (χ0v) is 12.7. The third-order valence-corrected chi connectivity index (χ3v) is 4.22. The summed E-state index contributed by atoms with van der Waals surface area (Å²) >= 11 is 0. The summed E-state index contributed by atoms with van der Waals surface area (Å²) in [6.45, 7) is 3.93.